The lowest BCUT2D eigenvalue weighted by Crippen LogP contribution is -1.99. The van der Waals surface area contributed by atoms with Crippen LogP contribution in [-0.2, 0) is 0 Å². The number of thioether (sulfide) groups is 2. The molecule has 0 radical (unpaired) electrons. The third-order valence-corrected chi connectivity index (χ3v) is 5.65. The van der Waals surface area contributed by atoms with Gasteiger partial charge in [0.1, 0.15) is 0 Å². The lowest BCUT2D eigenvalue weighted by atomic mass is 10.0. The van der Waals surface area contributed by atoms with Gasteiger partial charge in [0.05, 0.1) is 0 Å². The van der Waals surface area contributed by atoms with Crippen molar-refractivity contribution in [1.29, 1.82) is 0 Å². The van der Waals surface area contributed by atoms with E-state index in [9.17, 15) is 0 Å². The van der Waals surface area contributed by atoms with E-state index in [4.69, 9.17) is 0 Å². The maximum atomic E-state index is 2.29. The Bertz CT molecular complexity index is 548. The van der Waals surface area contributed by atoms with Gasteiger partial charge in [-0.05, 0) is 30.7 Å². The molecule has 18 heavy (non-hydrogen) atoms. The summed E-state index contributed by atoms with van der Waals surface area (Å²) in [5.41, 5.74) is 2.89. The first-order valence-electron chi connectivity index (χ1n) is 6.24. The van der Waals surface area contributed by atoms with Crippen LogP contribution in [0.5, 0.6) is 0 Å². The fourth-order valence-electron chi connectivity index (χ4n) is 2.27. The van der Waals surface area contributed by atoms with Crippen molar-refractivity contribution in [2.75, 3.05) is 11.5 Å². The number of fused-ring (bicyclic) bond motifs is 1. The third-order valence-electron chi connectivity index (χ3n) is 3.24. The molecule has 1 aliphatic heterocycles. The van der Waals surface area contributed by atoms with Gasteiger partial charge in [0, 0.05) is 27.2 Å². The van der Waals surface area contributed by atoms with E-state index in [0.717, 1.165) is 0 Å². The maximum Gasteiger partial charge on any atom is 0.0108 e. The van der Waals surface area contributed by atoms with Crippen molar-refractivity contribution in [1.82, 2.24) is 0 Å². The highest BCUT2D eigenvalue weighted by Crippen LogP contribution is 2.41. The van der Waals surface area contributed by atoms with Gasteiger partial charge in [-0.2, -0.15) is 0 Å². The molecule has 0 N–H and O–H groups in total. The SMILES string of the molecule is Cc1cccc(SCC2CSc3ccccc32)c1. The van der Waals surface area contributed by atoms with Crippen LogP contribution in [0.3, 0.4) is 0 Å². The molecule has 1 heterocycles. The van der Waals surface area contributed by atoms with Crippen molar-refractivity contribution in [3.05, 3.63) is 59.7 Å². The van der Waals surface area contributed by atoms with Crippen molar-refractivity contribution >= 4 is 23.5 Å². The van der Waals surface area contributed by atoms with Crippen LogP contribution in [0.25, 0.3) is 0 Å². The molecule has 1 unspecified atom stereocenters. The minimum Gasteiger partial charge on any atom is -0.125 e. The average molecular weight is 272 g/mol. The van der Waals surface area contributed by atoms with Crippen molar-refractivity contribution in [3.8, 4) is 0 Å². The number of hydrogen-bond donors (Lipinski definition) is 0. The topological polar surface area (TPSA) is 0 Å². The summed E-state index contributed by atoms with van der Waals surface area (Å²) in [5, 5.41) is 0. The highest BCUT2D eigenvalue weighted by atomic mass is 32.2. The average Bonchev–Trinajstić information content (AvgIpc) is 2.80. The van der Waals surface area contributed by atoms with Gasteiger partial charge in [0.2, 0.25) is 0 Å². The van der Waals surface area contributed by atoms with Crippen molar-refractivity contribution in [2.45, 2.75) is 22.6 Å². The van der Waals surface area contributed by atoms with Crippen LogP contribution in [0, 0.1) is 6.92 Å². The lowest BCUT2D eigenvalue weighted by molar-refractivity contribution is 0.896. The summed E-state index contributed by atoms with van der Waals surface area (Å²) in [7, 11) is 0. The van der Waals surface area contributed by atoms with E-state index in [-0.39, 0.29) is 0 Å². The molecule has 0 spiro atoms. The molecule has 3 rings (SSSR count). The second-order valence-electron chi connectivity index (χ2n) is 4.67. The van der Waals surface area contributed by atoms with Gasteiger partial charge in [-0.25, -0.2) is 0 Å². The molecule has 2 aromatic carbocycles. The molecule has 92 valence electrons. The van der Waals surface area contributed by atoms with Crippen molar-refractivity contribution in [2.24, 2.45) is 0 Å². The Balaban J connectivity index is 1.69. The lowest BCUT2D eigenvalue weighted by Gasteiger charge is -2.10. The first-order chi connectivity index (χ1) is 8.83. The van der Waals surface area contributed by atoms with Gasteiger partial charge in [-0.3, -0.25) is 0 Å². The predicted molar refractivity (Wildman–Crippen MR) is 81.8 cm³/mol. The Morgan fingerprint density at radius 1 is 1.17 bits per heavy atom. The summed E-state index contributed by atoms with van der Waals surface area (Å²) in [5.74, 6) is 3.13. The Morgan fingerprint density at radius 2 is 2.06 bits per heavy atom. The van der Waals surface area contributed by atoms with Gasteiger partial charge >= 0.3 is 0 Å². The summed E-state index contributed by atoms with van der Waals surface area (Å²) >= 11 is 3.98. The van der Waals surface area contributed by atoms with Gasteiger partial charge < -0.3 is 0 Å². The molecule has 0 amide bonds. The summed E-state index contributed by atoms with van der Waals surface area (Å²) in [4.78, 5) is 2.87. The predicted octanol–water partition coefficient (Wildman–Crippen LogP) is 4.98. The molecule has 0 bridgehead atoms. The molecule has 1 aliphatic rings. The van der Waals surface area contributed by atoms with E-state index < -0.39 is 0 Å². The highest BCUT2D eigenvalue weighted by molar-refractivity contribution is 8.00. The van der Waals surface area contributed by atoms with E-state index in [2.05, 4.69) is 55.5 Å². The van der Waals surface area contributed by atoms with E-state index in [0.29, 0.717) is 5.92 Å². The normalized spacial score (nSPS) is 17.7. The van der Waals surface area contributed by atoms with E-state index >= 15 is 0 Å². The Labute approximate surface area is 117 Å². The molecule has 2 heteroatoms. The molecule has 0 fully saturated rings. The summed E-state index contributed by atoms with van der Waals surface area (Å²) < 4.78 is 0. The summed E-state index contributed by atoms with van der Waals surface area (Å²) in [6.07, 6.45) is 0. The zero-order valence-electron chi connectivity index (χ0n) is 10.4. The Hall–Kier alpha value is -0.860. The van der Waals surface area contributed by atoms with E-state index in [1.54, 1.807) is 5.56 Å². The largest absolute Gasteiger partial charge is 0.125 e. The minimum atomic E-state index is 0.705. The van der Waals surface area contributed by atoms with Crippen LogP contribution in [0.15, 0.2) is 58.3 Å². The van der Waals surface area contributed by atoms with Crippen LogP contribution in [0.4, 0.5) is 0 Å². The monoisotopic (exact) mass is 272 g/mol. The molecule has 0 saturated heterocycles. The van der Waals surface area contributed by atoms with Crippen LogP contribution in [0.1, 0.15) is 17.0 Å². The Kier molecular flexibility index (Phi) is 3.67. The highest BCUT2D eigenvalue weighted by Gasteiger charge is 2.22. The number of rotatable bonds is 3. The van der Waals surface area contributed by atoms with Crippen LogP contribution >= 0.6 is 23.5 Å². The second-order valence-corrected chi connectivity index (χ2v) is 6.83. The zero-order chi connectivity index (χ0) is 12.4. The summed E-state index contributed by atoms with van der Waals surface area (Å²) in [6.45, 7) is 2.16. The first kappa shape index (κ1) is 12.2. The number of hydrogen-bond acceptors (Lipinski definition) is 2. The Morgan fingerprint density at radius 3 is 2.94 bits per heavy atom. The first-order valence-corrected chi connectivity index (χ1v) is 8.21. The molecule has 2 aromatic rings. The van der Waals surface area contributed by atoms with E-state index in [1.807, 2.05) is 23.5 Å². The van der Waals surface area contributed by atoms with Crippen molar-refractivity contribution < 1.29 is 0 Å². The van der Waals surface area contributed by atoms with Gasteiger partial charge in [-0.15, -0.1) is 23.5 Å². The molecular weight excluding hydrogens is 256 g/mol. The molecule has 0 aromatic heterocycles. The third kappa shape index (κ3) is 2.60. The molecule has 1 atom stereocenters. The second kappa shape index (κ2) is 5.41. The maximum absolute atomic E-state index is 2.29. The van der Waals surface area contributed by atoms with Crippen LogP contribution in [0.2, 0.25) is 0 Å². The van der Waals surface area contributed by atoms with Gasteiger partial charge in [0.25, 0.3) is 0 Å². The van der Waals surface area contributed by atoms with Gasteiger partial charge in [0.15, 0.2) is 0 Å². The molecule has 0 nitrogen and oxygen atoms in total. The molecule has 0 aliphatic carbocycles. The fourth-order valence-corrected chi connectivity index (χ4v) is 4.81. The fraction of sp³-hybridized carbons (Fsp3) is 0.250. The number of benzene rings is 2. The number of aryl methyl sites for hydroxylation is 1. The van der Waals surface area contributed by atoms with Crippen LogP contribution < -0.4 is 0 Å². The molecule has 0 saturated carbocycles. The zero-order valence-corrected chi connectivity index (χ0v) is 12.1. The quantitative estimate of drug-likeness (QED) is 0.723. The van der Waals surface area contributed by atoms with Crippen molar-refractivity contribution in [3.63, 3.8) is 0 Å². The van der Waals surface area contributed by atoms with Gasteiger partial charge in [-0.1, -0.05) is 35.9 Å². The smallest absolute Gasteiger partial charge is 0.0108 e. The van der Waals surface area contributed by atoms with Crippen LogP contribution in [-0.4, -0.2) is 11.5 Å². The molecular formula is C16H16S2. The summed E-state index contributed by atoms with van der Waals surface area (Å²) in [6, 6.07) is 17.6. The standard InChI is InChI=1S/C16H16S2/c1-12-5-4-6-14(9-12)17-10-13-11-18-16-8-3-2-7-15(13)16/h2-9,13H,10-11H2,1H3. The van der Waals surface area contributed by atoms with E-state index in [1.165, 1.54) is 26.9 Å². The minimum absolute atomic E-state index is 0.705.